The van der Waals surface area contributed by atoms with Crippen LogP contribution in [0.25, 0.3) is 0 Å². The Morgan fingerprint density at radius 2 is 1.41 bits per heavy atom. The Morgan fingerprint density at radius 3 is 2.10 bits per heavy atom. The van der Waals surface area contributed by atoms with Gasteiger partial charge in [-0.05, 0) is 31.5 Å². The molecule has 0 radical (unpaired) electrons. The van der Waals surface area contributed by atoms with E-state index >= 15 is 0 Å². The van der Waals surface area contributed by atoms with Gasteiger partial charge in [0.05, 0.1) is 5.56 Å². The van der Waals surface area contributed by atoms with Gasteiger partial charge in [-0.3, -0.25) is 14.7 Å². The van der Waals surface area contributed by atoms with Crippen molar-refractivity contribution in [3.63, 3.8) is 0 Å². The van der Waals surface area contributed by atoms with Crippen LogP contribution in [0.5, 0.6) is 5.75 Å². The topological polar surface area (TPSA) is 60.2 Å². The van der Waals surface area contributed by atoms with Gasteiger partial charge in [0, 0.05) is 51.4 Å². The maximum Gasteiger partial charge on any atom is 0.343 e. The second-order valence-electron chi connectivity index (χ2n) is 8.25. The van der Waals surface area contributed by atoms with E-state index in [0.717, 1.165) is 51.4 Å². The summed E-state index contributed by atoms with van der Waals surface area (Å²) in [4.78, 5) is 19.3. The number of rotatable bonds is 6. The predicted octanol–water partition coefficient (Wildman–Crippen LogP) is 2.65. The molecular formula is C23H31N3O3. The number of piperazine rings is 1. The van der Waals surface area contributed by atoms with Crippen molar-refractivity contribution in [1.29, 1.82) is 0 Å². The average Bonchev–Trinajstić information content (AvgIpc) is 2.76. The van der Waals surface area contributed by atoms with Crippen molar-refractivity contribution in [2.24, 2.45) is 0 Å². The Balaban J connectivity index is 1.35. The number of hydrogen-bond acceptors (Lipinski definition) is 6. The van der Waals surface area contributed by atoms with Gasteiger partial charge in [-0.25, -0.2) is 4.79 Å². The lowest BCUT2D eigenvalue weighted by atomic mass is 10.1. The van der Waals surface area contributed by atoms with E-state index in [1.807, 2.05) is 6.07 Å². The van der Waals surface area contributed by atoms with E-state index in [4.69, 9.17) is 4.42 Å². The van der Waals surface area contributed by atoms with E-state index < -0.39 is 5.63 Å². The van der Waals surface area contributed by atoms with Crippen molar-refractivity contribution in [1.82, 2.24) is 14.7 Å². The van der Waals surface area contributed by atoms with E-state index in [1.165, 1.54) is 31.1 Å². The Labute approximate surface area is 172 Å². The third-order valence-electron chi connectivity index (χ3n) is 6.08. The number of likely N-dealkylation sites (tertiary alicyclic amines) is 1. The zero-order valence-electron chi connectivity index (χ0n) is 17.1. The molecular weight excluding hydrogens is 366 g/mol. The second-order valence-corrected chi connectivity index (χ2v) is 8.25. The molecule has 3 heterocycles. The van der Waals surface area contributed by atoms with Crippen LogP contribution in [0.2, 0.25) is 0 Å². The number of aromatic hydroxyl groups is 1. The van der Waals surface area contributed by atoms with E-state index in [2.05, 4.69) is 39.0 Å². The maximum atomic E-state index is 12.3. The summed E-state index contributed by atoms with van der Waals surface area (Å²) >= 11 is 0. The molecule has 0 bridgehead atoms. The summed E-state index contributed by atoms with van der Waals surface area (Å²) in [5, 5.41) is 10.8. The van der Waals surface area contributed by atoms with Crippen molar-refractivity contribution in [2.45, 2.75) is 38.9 Å². The Bertz CT molecular complexity index is 838. The molecule has 0 aliphatic carbocycles. The molecule has 2 aromatic rings. The first-order valence-electron chi connectivity index (χ1n) is 10.7. The highest BCUT2D eigenvalue weighted by Crippen LogP contribution is 2.24. The summed E-state index contributed by atoms with van der Waals surface area (Å²) in [6.07, 6.45) is 5.09. The van der Waals surface area contributed by atoms with Gasteiger partial charge in [0.1, 0.15) is 12.0 Å². The molecule has 6 heteroatoms. The van der Waals surface area contributed by atoms with Crippen LogP contribution in [0.15, 0.2) is 45.8 Å². The monoisotopic (exact) mass is 397 g/mol. The molecule has 1 aromatic carbocycles. The van der Waals surface area contributed by atoms with Crippen LogP contribution in [0, 0.1) is 0 Å². The van der Waals surface area contributed by atoms with Crippen LogP contribution in [-0.2, 0) is 19.6 Å². The fraction of sp³-hybridized carbons (Fsp3) is 0.522. The van der Waals surface area contributed by atoms with Crippen molar-refractivity contribution in [3.05, 3.63) is 63.7 Å². The summed E-state index contributed by atoms with van der Waals surface area (Å²) in [6, 6.07) is 10.5. The minimum atomic E-state index is -0.420. The van der Waals surface area contributed by atoms with Gasteiger partial charge in [0.2, 0.25) is 0 Å². The first-order chi connectivity index (χ1) is 14.2. The Kier molecular flexibility index (Phi) is 6.64. The van der Waals surface area contributed by atoms with Crippen LogP contribution >= 0.6 is 0 Å². The molecule has 6 nitrogen and oxygen atoms in total. The third kappa shape index (κ3) is 5.26. The summed E-state index contributed by atoms with van der Waals surface area (Å²) in [5.41, 5.74) is 2.03. The molecule has 2 saturated heterocycles. The highest BCUT2D eigenvalue weighted by atomic mass is 16.4. The minimum Gasteiger partial charge on any atom is -0.507 e. The third-order valence-corrected chi connectivity index (χ3v) is 6.08. The SMILES string of the molecule is O=c1occ(CN2CCCCC2)c(O)c1CN1CCN(Cc2ccccc2)CC1. The zero-order chi connectivity index (χ0) is 20.1. The maximum absolute atomic E-state index is 12.3. The Morgan fingerprint density at radius 1 is 0.793 bits per heavy atom. The van der Waals surface area contributed by atoms with Gasteiger partial charge < -0.3 is 9.52 Å². The molecule has 1 aromatic heterocycles. The van der Waals surface area contributed by atoms with Gasteiger partial charge >= 0.3 is 5.63 Å². The number of benzene rings is 1. The quantitative estimate of drug-likeness (QED) is 0.809. The van der Waals surface area contributed by atoms with Gasteiger partial charge in [0.15, 0.2) is 0 Å². The van der Waals surface area contributed by atoms with Crippen molar-refractivity contribution >= 4 is 0 Å². The molecule has 0 amide bonds. The molecule has 2 aliphatic rings. The molecule has 0 spiro atoms. The molecule has 0 atom stereocenters. The lowest BCUT2D eigenvalue weighted by Crippen LogP contribution is -2.45. The zero-order valence-corrected chi connectivity index (χ0v) is 17.1. The lowest BCUT2D eigenvalue weighted by molar-refractivity contribution is 0.120. The van der Waals surface area contributed by atoms with Crippen molar-refractivity contribution in [3.8, 4) is 5.75 Å². The largest absolute Gasteiger partial charge is 0.507 e. The van der Waals surface area contributed by atoms with E-state index in [0.29, 0.717) is 18.7 Å². The first kappa shape index (κ1) is 20.1. The first-order valence-corrected chi connectivity index (χ1v) is 10.7. The fourth-order valence-electron chi connectivity index (χ4n) is 4.32. The summed E-state index contributed by atoms with van der Waals surface area (Å²) in [7, 11) is 0. The van der Waals surface area contributed by atoms with E-state index in [9.17, 15) is 9.90 Å². The standard InChI is InChI=1S/C23H31N3O3/c27-22-20(16-24-9-5-2-6-10-24)18-29-23(28)21(22)17-26-13-11-25(12-14-26)15-19-7-3-1-4-8-19/h1,3-4,7-8,18,27H,2,5-6,9-17H2. The minimum absolute atomic E-state index is 0.124. The second kappa shape index (κ2) is 9.57. The van der Waals surface area contributed by atoms with Crippen LogP contribution in [-0.4, -0.2) is 59.1 Å². The molecule has 0 unspecified atom stereocenters. The van der Waals surface area contributed by atoms with Gasteiger partial charge in [-0.2, -0.15) is 0 Å². The highest BCUT2D eigenvalue weighted by molar-refractivity contribution is 5.36. The summed E-state index contributed by atoms with van der Waals surface area (Å²) in [5.74, 6) is 0.124. The molecule has 2 fully saturated rings. The van der Waals surface area contributed by atoms with Crippen LogP contribution in [0.1, 0.15) is 36.0 Å². The van der Waals surface area contributed by atoms with Crippen LogP contribution in [0.4, 0.5) is 0 Å². The predicted molar refractivity (Wildman–Crippen MR) is 113 cm³/mol. The summed E-state index contributed by atoms with van der Waals surface area (Å²) in [6.45, 7) is 7.78. The van der Waals surface area contributed by atoms with Crippen molar-refractivity contribution < 1.29 is 9.52 Å². The molecule has 4 rings (SSSR count). The smallest absolute Gasteiger partial charge is 0.343 e. The van der Waals surface area contributed by atoms with Gasteiger partial charge in [-0.1, -0.05) is 36.8 Å². The molecule has 1 N–H and O–H groups in total. The van der Waals surface area contributed by atoms with Gasteiger partial charge in [0.25, 0.3) is 0 Å². The molecule has 156 valence electrons. The number of piperidine rings is 1. The molecule has 29 heavy (non-hydrogen) atoms. The number of nitrogens with zero attached hydrogens (tertiary/aromatic N) is 3. The Hall–Kier alpha value is -2.15. The van der Waals surface area contributed by atoms with Gasteiger partial charge in [-0.15, -0.1) is 0 Å². The van der Waals surface area contributed by atoms with E-state index in [-0.39, 0.29) is 5.75 Å². The average molecular weight is 398 g/mol. The van der Waals surface area contributed by atoms with Crippen molar-refractivity contribution in [2.75, 3.05) is 39.3 Å². The molecule has 0 saturated carbocycles. The normalized spacial score (nSPS) is 19.4. The fourth-order valence-corrected chi connectivity index (χ4v) is 4.32. The van der Waals surface area contributed by atoms with E-state index in [1.54, 1.807) is 0 Å². The molecule has 2 aliphatic heterocycles. The lowest BCUT2D eigenvalue weighted by Gasteiger charge is -2.34. The highest BCUT2D eigenvalue weighted by Gasteiger charge is 2.22. The number of hydrogen-bond donors (Lipinski definition) is 1. The summed E-state index contributed by atoms with van der Waals surface area (Å²) < 4.78 is 5.27. The van der Waals surface area contributed by atoms with Crippen LogP contribution < -0.4 is 5.63 Å². The van der Waals surface area contributed by atoms with Crippen LogP contribution in [0.3, 0.4) is 0 Å².